The van der Waals surface area contributed by atoms with Crippen LogP contribution in [0.5, 0.6) is 0 Å². The fourth-order valence-electron chi connectivity index (χ4n) is 0.758. The molecule has 66 valence electrons. The predicted molar refractivity (Wildman–Crippen MR) is 66.4 cm³/mol. The Morgan fingerprint density at radius 3 is 1.50 bits per heavy atom. The lowest BCUT2D eigenvalue weighted by Crippen LogP contribution is -1.93. The summed E-state index contributed by atoms with van der Waals surface area (Å²) in [7, 11) is 0. The fraction of sp³-hybridized carbons (Fsp3) is 0.143. The van der Waals surface area contributed by atoms with E-state index in [1.807, 2.05) is 6.92 Å². The van der Waals surface area contributed by atoms with Gasteiger partial charge in [-0.2, -0.15) is 0 Å². The first-order valence-corrected chi connectivity index (χ1v) is 6.22. The molecule has 0 aliphatic rings. The van der Waals surface area contributed by atoms with Gasteiger partial charge in [0.1, 0.15) is 0 Å². The number of nitrogens with two attached hydrogens (primary N) is 1. The maximum Gasteiger partial charge on any atom is 0.0626 e. The molecule has 1 aromatic rings. The predicted octanol–water partition coefficient (Wildman–Crippen LogP) is 4.63. The Balaban J connectivity index is 3.60. The lowest BCUT2D eigenvalue weighted by atomic mass is 10.2. The average molecular weight is 423 g/mol. The largest absolute Gasteiger partial charge is 0.397 e. The first-order valence-electron chi connectivity index (χ1n) is 3.04. The van der Waals surface area contributed by atoms with E-state index in [9.17, 15) is 0 Å². The molecule has 12 heavy (non-hydrogen) atoms. The minimum atomic E-state index is 0.694. The van der Waals surface area contributed by atoms with Crippen molar-refractivity contribution >= 4 is 69.4 Å². The minimum Gasteiger partial charge on any atom is -0.397 e. The zero-order valence-corrected chi connectivity index (χ0v) is 12.4. The molecule has 1 nitrogen and oxygen atoms in total. The van der Waals surface area contributed by atoms with Gasteiger partial charge in [0.05, 0.1) is 14.6 Å². The quantitative estimate of drug-likeness (QED) is 0.479. The monoisotopic (exact) mass is 419 g/mol. The first kappa shape index (κ1) is 11.0. The van der Waals surface area contributed by atoms with Crippen molar-refractivity contribution in [3.63, 3.8) is 0 Å². The smallest absolute Gasteiger partial charge is 0.0626 e. The van der Waals surface area contributed by atoms with Gasteiger partial charge in [0, 0.05) is 8.95 Å². The minimum absolute atomic E-state index is 0.694. The molecule has 1 aromatic carbocycles. The lowest BCUT2D eigenvalue weighted by molar-refractivity contribution is 1.35. The van der Waals surface area contributed by atoms with Crippen molar-refractivity contribution in [3.8, 4) is 0 Å². The summed E-state index contributed by atoms with van der Waals surface area (Å²) in [6, 6.07) is 0. The number of hydrogen-bond acceptors (Lipinski definition) is 1. The second kappa shape index (κ2) is 3.98. The van der Waals surface area contributed by atoms with Crippen molar-refractivity contribution in [1.82, 2.24) is 0 Å². The number of benzene rings is 1. The Morgan fingerprint density at radius 1 is 0.833 bits per heavy atom. The zero-order chi connectivity index (χ0) is 9.46. The van der Waals surface area contributed by atoms with E-state index >= 15 is 0 Å². The average Bonchev–Trinajstić information content (AvgIpc) is 2.08. The summed E-state index contributed by atoms with van der Waals surface area (Å²) in [6.07, 6.45) is 0. The number of anilines is 1. The number of hydrogen-bond donors (Lipinski definition) is 1. The van der Waals surface area contributed by atoms with E-state index in [2.05, 4.69) is 63.7 Å². The zero-order valence-electron chi connectivity index (χ0n) is 6.09. The molecule has 0 aliphatic heterocycles. The Kier molecular flexibility index (Phi) is 3.66. The highest BCUT2D eigenvalue weighted by molar-refractivity contribution is 9.14. The van der Waals surface area contributed by atoms with Gasteiger partial charge in [0.15, 0.2) is 0 Å². The molecule has 0 unspecified atom stereocenters. The molecule has 0 aromatic heterocycles. The highest BCUT2D eigenvalue weighted by Gasteiger charge is 2.13. The van der Waals surface area contributed by atoms with Crippen LogP contribution >= 0.6 is 63.7 Å². The van der Waals surface area contributed by atoms with Crippen LogP contribution in [0.15, 0.2) is 17.9 Å². The van der Waals surface area contributed by atoms with Gasteiger partial charge in [-0.1, -0.05) is 0 Å². The van der Waals surface area contributed by atoms with Crippen LogP contribution < -0.4 is 5.73 Å². The van der Waals surface area contributed by atoms with Crippen LogP contribution in [0.4, 0.5) is 5.69 Å². The third kappa shape index (κ3) is 1.74. The van der Waals surface area contributed by atoms with Crippen LogP contribution in [0.2, 0.25) is 0 Å². The van der Waals surface area contributed by atoms with Gasteiger partial charge < -0.3 is 5.73 Å². The SMILES string of the molecule is Cc1c(Br)c(Br)c(N)c(Br)c1Br. The molecule has 0 bridgehead atoms. The van der Waals surface area contributed by atoms with Gasteiger partial charge in [-0.25, -0.2) is 0 Å². The Labute approximate surface area is 105 Å². The summed E-state index contributed by atoms with van der Waals surface area (Å²) in [5.41, 5.74) is 7.61. The summed E-state index contributed by atoms with van der Waals surface area (Å²) in [5, 5.41) is 0. The molecule has 0 spiro atoms. The topological polar surface area (TPSA) is 26.0 Å². The molecule has 0 fully saturated rings. The summed E-state index contributed by atoms with van der Waals surface area (Å²) in [6.45, 7) is 2.00. The molecule has 1 rings (SSSR count). The third-order valence-electron chi connectivity index (χ3n) is 1.52. The molecular formula is C7H5Br4N. The van der Waals surface area contributed by atoms with Gasteiger partial charge in [0.25, 0.3) is 0 Å². The maximum absolute atomic E-state index is 5.80. The second-order valence-corrected chi connectivity index (χ2v) is 5.47. The molecule has 0 saturated heterocycles. The van der Waals surface area contributed by atoms with E-state index in [1.54, 1.807) is 0 Å². The fourth-order valence-corrected chi connectivity index (χ4v) is 3.11. The van der Waals surface area contributed by atoms with Gasteiger partial charge in [0.2, 0.25) is 0 Å². The van der Waals surface area contributed by atoms with Crippen molar-refractivity contribution in [2.75, 3.05) is 5.73 Å². The van der Waals surface area contributed by atoms with E-state index in [-0.39, 0.29) is 0 Å². The van der Waals surface area contributed by atoms with Crippen molar-refractivity contribution in [3.05, 3.63) is 23.5 Å². The van der Waals surface area contributed by atoms with Crippen LogP contribution in [-0.2, 0) is 0 Å². The van der Waals surface area contributed by atoms with Crippen LogP contribution in [-0.4, -0.2) is 0 Å². The Bertz CT molecular complexity index is 230. The van der Waals surface area contributed by atoms with Crippen molar-refractivity contribution < 1.29 is 0 Å². The van der Waals surface area contributed by atoms with E-state index in [0.29, 0.717) is 5.69 Å². The Morgan fingerprint density at radius 2 is 1.17 bits per heavy atom. The van der Waals surface area contributed by atoms with Crippen LogP contribution in [0.25, 0.3) is 0 Å². The number of rotatable bonds is 0. The summed E-state index contributed by atoms with van der Waals surface area (Å²) in [5.74, 6) is 0. The standard InChI is InChI=1S/C7H5Br4N/c1-2-3(8)5(10)7(12)6(11)4(2)9/h12H2,1H3. The number of nitrogen functional groups attached to an aromatic ring is 1. The summed E-state index contributed by atoms with van der Waals surface area (Å²) < 4.78 is 3.73. The summed E-state index contributed by atoms with van der Waals surface area (Å²) >= 11 is 13.7. The van der Waals surface area contributed by atoms with Crippen molar-refractivity contribution in [1.29, 1.82) is 0 Å². The molecule has 2 N–H and O–H groups in total. The van der Waals surface area contributed by atoms with E-state index in [1.165, 1.54) is 0 Å². The normalized spacial score (nSPS) is 10.4. The molecule has 0 heterocycles. The van der Waals surface area contributed by atoms with Crippen molar-refractivity contribution in [2.45, 2.75) is 6.92 Å². The molecule has 0 saturated carbocycles. The van der Waals surface area contributed by atoms with Crippen molar-refractivity contribution in [2.24, 2.45) is 0 Å². The highest BCUT2D eigenvalue weighted by atomic mass is 79.9. The van der Waals surface area contributed by atoms with Crippen LogP contribution in [0, 0.1) is 6.92 Å². The van der Waals surface area contributed by atoms with E-state index in [0.717, 1.165) is 23.5 Å². The molecule has 5 heteroatoms. The molecule has 0 amide bonds. The molecular weight excluding hydrogens is 418 g/mol. The summed E-state index contributed by atoms with van der Waals surface area (Å²) in [4.78, 5) is 0. The van der Waals surface area contributed by atoms with Gasteiger partial charge in [-0.05, 0) is 76.2 Å². The molecule has 0 atom stereocenters. The van der Waals surface area contributed by atoms with Crippen LogP contribution in [0.1, 0.15) is 5.56 Å². The first-order chi connectivity index (χ1) is 5.46. The second-order valence-electron chi connectivity index (χ2n) is 2.29. The third-order valence-corrected chi connectivity index (χ3v) is 6.21. The van der Waals surface area contributed by atoms with Gasteiger partial charge in [-0.15, -0.1) is 0 Å². The van der Waals surface area contributed by atoms with Gasteiger partial charge >= 0.3 is 0 Å². The highest BCUT2D eigenvalue weighted by Crippen LogP contribution is 2.42. The van der Waals surface area contributed by atoms with Crippen LogP contribution in [0.3, 0.4) is 0 Å². The van der Waals surface area contributed by atoms with Gasteiger partial charge in [-0.3, -0.25) is 0 Å². The lowest BCUT2D eigenvalue weighted by Gasteiger charge is -2.10. The van der Waals surface area contributed by atoms with E-state index < -0.39 is 0 Å². The number of halogens is 4. The maximum atomic E-state index is 5.80. The van der Waals surface area contributed by atoms with E-state index in [4.69, 9.17) is 5.73 Å². The molecule has 0 aliphatic carbocycles. The molecule has 0 radical (unpaired) electrons. The Hall–Kier alpha value is 0.940.